The topological polar surface area (TPSA) is 76.7 Å². The lowest BCUT2D eigenvalue weighted by Gasteiger charge is -2.21. The maximum absolute atomic E-state index is 12.3. The van der Waals surface area contributed by atoms with Crippen molar-refractivity contribution < 1.29 is 19.1 Å². The van der Waals surface area contributed by atoms with Crippen LogP contribution in [0.3, 0.4) is 0 Å². The molecule has 0 aromatic heterocycles. The van der Waals surface area contributed by atoms with Gasteiger partial charge in [-0.3, -0.25) is 4.79 Å². The summed E-state index contributed by atoms with van der Waals surface area (Å²) in [5.41, 5.74) is 2.39. The van der Waals surface area contributed by atoms with Crippen LogP contribution < -0.4 is 15.4 Å². The molecule has 0 saturated carbocycles. The number of carbonyl (C=O) groups excluding carboxylic acids is 2. The Morgan fingerprint density at radius 1 is 1.33 bits per heavy atom. The third kappa shape index (κ3) is 4.88. The molecule has 0 spiro atoms. The minimum atomic E-state index is -0.600. The van der Waals surface area contributed by atoms with E-state index >= 15 is 0 Å². The second-order valence-corrected chi connectivity index (χ2v) is 6.17. The zero-order valence-corrected chi connectivity index (χ0v) is 14.6. The van der Waals surface area contributed by atoms with Crippen LogP contribution in [0.5, 0.6) is 5.75 Å². The first-order valence-corrected chi connectivity index (χ1v) is 8.47. The average Bonchev–Trinajstić information content (AvgIpc) is 3.00. The third-order valence-corrected chi connectivity index (χ3v) is 3.96. The highest BCUT2D eigenvalue weighted by Gasteiger charge is 2.24. The largest absolute Gasteiger partial charge is 0.493 e. The highest BCUT2D eigenvalue weighted by atomic mass is 16.5. The highest BCUT2D eigenvalue weighted by molar-refractivity contribution is 5.85. The second-order valence-electron chi connectivity index (χ2n) is 6.17. The molecule has 1 atom stereocenters. The number of ether oxygens (including phenoxy) is 2. The van der Waals surface area contributed by atoms with Crippen molar-refractivity contribution in [3.63, 3.8) is 0 Å². The molecule has 1 aliphatic heterocycles. The Labute approximate surface area is 142 Å². The Hall–Kier alpha value is -2.24. The van der Waals surface area contributed by atoms with Crippen molar-refractivity contribution in [3.8, 4) is 5.75 Å². The number of alkyl carbamates (subject to hydrolysis) is 1. The van der Waals surface area contributed by atoms with Crippen LogP contribution in [0.1, 0.15) is 31.9 Å². The number of benzene rings is 1. The van der Waals surface area contributed by atoms with E-state index in [-0.39, 0.29) is 18.4 Å². The highest BCUT2D eigenvalue weighted by Crippen LogP contribution is 2.25. The van der Waals surface area contributed by atoms with Gasteiger partial charge >= 0.3 is 6.09 Å². The Morgan fingerprint density at radius 3 is 2.83 bits per heavy atom. The Kier molecular flexibility index (Phi) is 6.46. The quantitative estimate of drug-likeness (QED) is 0.800. The van der Waals surface area contributed by atoms with Crippen LogP contribution in [0.2, 0.25) is 0 Å². The van der Waals surface area contributed by atoms with Gasteiger partial charge in [-0.15, -0.1) is 0 Å². The van der Waals surface area contributed by atoms with E-state index in [9.17, 15) is 9.59 Å². The number of amides is 2. The van der Waals surface area contributed by atoms with Gasteiger partial charge in [0.15, 0.2) is 0 Å². The molecule has 1 unspecified atom stereocenters. The number of nitrogens with one attached hydrogen (secondary N) is 2. The third-order valence-electron chi connectivity index (χ3n) is 3.96. The van der Waals surface area contributed by atoms with Crippen molar-refractivity contribution in [3.05, 3.63) is 29.3 Å². The van der Waals surface area contributed by atoms with Crippen molar-refractivity contribution >= 4 is 12.0 Å². The molecule has 0 bridgehead atoms. The average molecular weight is 334 g/mol. The molecule has 0 aliphatic carbocycles. The SMILES string of the molecule is CCOC(=O)NC(C(=O)NCCc1ccc2c(c1)CCO2)C(C)C. The van der Waals surface area contributed by atoms with Crippen molar-refractivity contribution in [2.24, 2.45) is 5.92 Å². The van der Waals surface area contributed by atoms with Crippen LogP contribution in [-0.2, 0) is 22.4 Å². The van der Waals surface area contributed by atoms with E-state index in [1.807, 2.05) is 26.0 Å². The summed E-state index contributed by atoms with van der Waals surface area (Å²) >= 11 is 0. The first kappa shape index (κ1) is 18.1. The molecule has 1 aliphatic rings. The minimum absolute atomic E-state index is 0.0217. The summed E-state index contributed by atoms with van der Waals surface area (Å²) in [6, 6.07) is 5.54. The molecule has 2 rings (SSSR count). The molecule has 0 fully saturated rings. The van der Waals surface area contributed by atoms with E-state index < -0.39 is 12.1 Å². The predicted molar refractivity (Wildman–Crippen MR) is 91.1 cm³/mol. The Balaban J connectivity index is 1.83. The van der Waals surface area contributed by atoms with E-state index in [2.05, 4.69) is 16.7 Å². The maximum Gasteiger partial charge on any atom is 0.407 e. The summed E-state index contributed by atoms with van der Waals surface area (Å²) in [6.07, 6.45) is 1.11. The van der Waals surface area contributed by atoms with Gasteiger partial charge in [-0.2, -0.15) is 0 Å². The molecule has 1 aromatic carbocycles. The molecule has 1 heterocycles. The number of hydrogen-bond donors (Lipinski definition) is 2. The molecule has 24 heavy (non-hydrogen) atoms. The molecular weight excluding hydrogens is 308 g/mol. The molecule has 0 saturated heterocycles. The second kappa shape index (κ2) is 8.57. The lowest BCUT2D eigenvalue weighted by Crippen LogP contribution is -2.50. The summed E-state index contributed by atoms with van der Waals surface area (Å²) < 4.78 is 10.3. The van der Waals surface area contributed by atoms with E-state index in [0.717, 1.165) is 25.2 Å². The standard InChI is InChI=1S/C18H26N2O4/c1-4-23-18(22)20-16(12(2)3)17(21)19-9-7-13-5-6-15-14(11-13)8-10-24-15/h5-6,11-12,16H,4,7-10H2,1-3H3,(H,19,21)(H,20,22). The summed E-state index contributed by atoms with van der Waals surface area (Å²) in [5, 5.41) is 5.50. The molecule has 0 radical (unpaired) electrons. The fourth-order valence-electron chi connectivity index (χ4n) is 2.67. The normalized spacial score (nSPS) is 13.8. The summed E-state index contributed by atoms with van der Waals surface area (Å²) in [5.74, 6) is 0.746. The van der Waals surface area contributed by atoms with E-state index in [1.54, 1.807) is 6.92 Å². The smallest absolute Gasteiger partial charge is 0.407 e. The van der Waals surface area contributed by atoms with Crippen LogP contribution in [0.4, 0.5) is 4.79 Å². The lowest BCUT2D eigenvalue weighted by molar-refractivity contribution is -0.124. The molecule has 132 valence electrons. The van der Waals surface area contributed by atoms with Gasteiger partial charge in [0, 0.05) is 13.0 Å². The fraction of sp³-hybridized carbons (Fsp3) is 0.556. The summed E-state index contributed by atoms with van der Waals surface area (Å²) in [7, 11) is 0. The van der Waals surface area contributed by atoms with Gasteiger partial charge < -0.3 is 20.1 Å². The lowest BCUT2D eigenvalue weighted by atomic mass is 10.0. The number of rotatable bonds is 7. The van der Waals surface area contributed by atoms with E-state index in [4.69, 9.17) is 9.47 Å². The van der Waals surface area contributed by atoms with Crippen molar-refractivity contribution in [1.29, 1.82) is 0 Å². The molecular formula is C18H26N2O4. The molecule has 2 N–H and O–H groups in total. The minimum Gasteiger partial charge on any atom is -0.493 e. The van der Waals surface area contributed by atoms with Gasteiger partial charge in [0.2, 0.25) is 5.91 Å². The van der Waals surface area contributed by atoms with Crippen LogP contribution in [0.15, 0.2) is 18.2 Å². The summed E-state index contributed by atoms with van der Waals surface area (Å²) in [4.78, 5) is 23.8. The monoisotopic (exact) mass is 334 g/mol. The van der Waals surface area contributed by atoms with Gasteiger partial charge in [0.05, 0.1) is 13.2 Å². The first-order chi connectivity index (χ1) is 11.5. The zero-order valence-electron chi connectivity index (χ0n) is 14.6. The van der Waals surface area contributed by atoms with Crippen LogP contribution in [0, 0.1) is 5.92 Å². The van der Waals surface area contributed by atoms with Gasteiger partial charge in [0.25, 0.3) is 0 Å². The summed E-state index contributed by atoms with van der Waals surface area (Å²) in [6.45, 7) is 7.04. The number of hydrogen-bond acceptors (Lipinski definition) is 4. The number of carbonyl (C=O) groups is 2. The molecule has 6 nitrogen and oxygen atoms in total. The zero-order chi connectivity index (χ0) is 17.5. The van der Waals surface area contributed by atoms with Crippen LogP contribution in [0.25, 0.3) is 0 Å². The fourth-order valence-corrected chi connectivity index (χ4v) is 2.67. The van der Waals surface area contributed by atoms with Crippen molar-refractivity contribution in [2.45, 2.75) is 39.7 Å². The Bertz CT molecular complexity index is 586. The first-order valence-electron chi connectivity index (χ1n) is 8.47. The van der Waals surface area contributed by atoms with Gasteiger partial charge in [-0.25, -0.2) is 4.79 Å². The van der Waals surface area contributed by atoms with Crippen molar-refractivity contribution in [1.82, 2.24) is 10.6 Å². The maximum atomic E-state index is 12.3. The van der Waals surface area contributed by atoms with Crippen molar-refractivity contribution in [2.75, 3.05) is 19.8 Å². The van der Waals surface area contributed by atoms with E-state index in [1.165, 1.54) is 11.1 Å². The molecule has 2 amide bonds. The van der Waals surface area contributed by atoms with E-state index in [0.29, 0.717) is 6.54 Å². The van der Waals surface area contributed by atoms with Crippen LogP contribution >= 0.6 is 0 Å². The predicted octanol–water partition coefficient (Wildman–Crippen LogP) is 2.05. The molecule has 1 aromatic rings. The van der Waals surface area contributed by atoms with Crippen LogP contribution in [-0.4, -0.2) is 37.8 Å². The van der Waals surface area contributed by atoms with Gasteiger partial charge in [-0.1, -0.05) is 26.0 Å². The number of fused-ring (bicyclic) bond motifs is 1. The van der Waals surface area contributed by atoms with Gasteiger partial charge in [0.1, 0.15) is 11.8 Å². The van der Waals surface area contributed by atoms with Gasteiger partial charge in [-0.05, 0) is 36.5 Å². The molecule has 6 heteroatoms. The Morgan fingerprint density at radius 2 is 2.12 bits per heavy atom.